The van der Waals surface area contributed by atoms with Crippen LogP contribution in [0, 0.1) is 13.8 Å². The molecule has 1 aliphatic rings. The first-order valence-electron chi connectivity index (χ1n) is 9.31. The number of hydrogen-bond acceptors (Lipinski definition) is 6. The summed E-state index contributed by atoms with van der Waals surface area (Å²) in [4.78, 5) is 24.7. The zero-order valence-corrected chi connectivity index (χ0v) is 16.4. The van der Waals surface area contributed by atoms with E-state index in [1.807, 2.05) is 19.1 Å². The number of aromatic amines is 1. The number of piperazine rings is 1. The third-order valence-corrected chi connectivity index (χ3v) is 6.04. The number of imidazole rings is 1. The molecule has 1 fully saturated rings. The van der Waals surface area contributed by atoms with Crippen LogP contribution >= 0.6 is 11.3 Å². The summed E-state index contributed by atoms with van der Waals surface area (Å²) < 4.78 is 0. The topological polar surface area (TPSA) is 60.9 Å². The monoisotopic (exact) mass is 378 g/mol. The van der Waals surface area contributed by atoms with Crippen molar-refractivity contribution >= 4 is 38.4 Å². The molecule has 4 heterocycles. The Labute approximate surface area is 161 Å². The smallest absolute Gasteiger partial charge is 0.141 e. The summed E-state index contributed by atoms with van der Waals surface area (Å²) in [5.74, 6) is 2.98. The van der Waals surface area contributed by atoms with Crippen LogP contribution in [-0.4, -0.2) is 51.0 Å². The van der Waals surface area contributed by atoms with Crippen molar-refractivity contribution in [3.05, 3.63) is 46.9 Å². The standard InChI is InChI=1S/C20H22N6S/c1-13-11-15-19(21-14(2)22-20(15)27-13)26-9-7-25(8-10-26)12-18-23-16-5-3-4-6-17(16)24-18/h3-6,11H,7-10,12H2,1-2H3,(H,23,24). The molecule has 3 aromatic heterocycles. The van der Waals surface area contributed by atoms with E-state index in [0.717, 1.165) is 66.1 Å². The number of aryl methyl sites for hydroxylation is 2. The van der Waals surface area contributed by atoms with Crippen LogP contribution in [0.5, 0.6) is 0 Å². The van der Waals surface area contributed by atoms with Gasteiger partial charge >= 0.3 is 0 Å². The van der Waals surface area contributed by atoms with Crippen LogP contribution in [0.2, 0.25) is 0 Å². The van der Waals surface area contributed by atoms with E-state index in [1.54, 1.807) is 11.3 Å². The van der Waals surface area contributed by atoms with Gasteiger partial charge in [-0.1, -0.05) is 12.1 Å². The van der Waals surface area contributed by atoms with Gasteiger partial charge in [0.2, 0.25) is 0 Å². The van der Waals surface area contributed by atoms with Gasteiger partial charge in [0.1, 0.15) is 22.3 Å². The second kappa shape index (κ2) is 6.58. The quantitative estimate of drug-likeness (QED) is 0.591. The zero-order chi connectivity index (χ0) is 18.4. The van der Waals surface area contributed by atoms with Crippen LogP contribution in [0.25, 0.3) is 21.3 Å². The van der Waals surface area contributed by atoms with Crippen molar-refractivity contribution in [1.82, 2.24) is 24.8 Å². The summed E-state index contributed by atoms with van der Waals surface area (Å²) in [5, 5.41) is 1.19. The summed E-state index contributed by atoms with van der Waals surface area (Å²) in [7, 11) is 0. The Morgan fingerprint density at radius 2 is 1.85 bits per heavy atom. The molecular formula is C20H22N6S. The number of para-hydroxylation sites is 2. The van der Waals surface area contributed by atoms with E-state index in [1.165, 1.54) is 10.3 Å². The Morgan fingerprint density at radius 3 is 2.67 bits per heavy atom. The van der Waals surface area contributed by atoms with Gasteiger partial charge in [0.05, 0.1) is 23.0 Å². The molecular weight excluding hydrogens is 356 g/mol. The lowest BCUT2D eigenvalue weighted by Crippen LogP contribution is -2.46. The van der Waals surface area contributed by atoms with Gasteiger partial charge < -0.3 is 9.88 Å². The highest BCUT2D eigenvalue weighted by molar-refractivity contribution is 7.18. The highest BCUT2D eigenvalue weighted by Gasteiger charge is 2.22. The molecule has 0 unspecified atom stereocenters. The predicted molar refractivity (Wildman–Crippen MR) is 110 cm³/mol. The number of H-pyrrole nitrogens is 1. The van der Waals surface area contributed by atoms with Crippen molar-refractivity contribution in [1.29, 1.82) is 0 Å². The highest BCUT2D eigenvalue weighted by Crippen LogP contribution is 2.31. The summed E-state index contributed by atoms with van der Waals surface area (Å²) in [6.07, 6.45) is 0. The Hall–Kier alpha value is -2.51. The maximum absolute atomic E-state index is 4.76. The largest absolute Gasteiger partial charge is 0.353 e. The molecule has 0 atom stereocenters. The van der Waals surface area contributed by atoms with Crippen LogP contribution < -0.4 is 4.90 Å². The fraction of sp³-hybridized carbons (Fsp3) is 0.350. The fourth-order valence-corrected chi connectivity index (χ4v) is 4.70. The minimum Gasteiger partial charge on any atom is -0.353 e. The van der Waals surface area contributed by atoms with E-state index in [2.05, 4.69) is 44.9 Å². The molecule has 0 spiro atoms. The molecule has 138 valence electrons. The molecule has 27 heavy (non-hydrogen) atoms. The summed E-state index contributed by atoms with van der Waals surface area (Å²) in [6.45, 7) is 8.93. The van der Waals surface area contributed by atoms with E-state index < -0.39 is 0 Å². The Kier molecular flexibility index (Phi) is 4.06. The Bertz CT molecular complexity index is 1070. The first kappa shape index (κ1) is 16.6. The molecule has 4 aromatic rings. The van der Waals surface area contributed by atoms with Gasteiger partial charge in [-0.2, -0.15) is 0 Å². The van der Waals surface area contributed by atoms with E-state index in [9.17, 15) is 0 Å². The SMILES string of the molecule is Cc1nc(N2CCN(Cc3nc4ccccc4[nH]3)CC2)c2cc(C)sc2n1. The highest BCUT2D eigenvalue weighted by atomic mass is 32.1. The number of fused-ring (bicyclic) bond motifs is 2. The lowest BCUT2D eigenvalue weighted by atomic mass is 10.2. The van der Waals surface area contributed by atoms with Crippen LogP contribution in [0.1, 0.15) is 16.5 Å². The molecule has 0 saturated carbocycles. The van der Waals surface area contributed by atoms with Gasteiger partial charge in [0.15, 0.2) is 0 Å². The van der Waals surface area contributed by atoms with E-state index >= 15 is 0 Å². The van der Waals surface area contributed by atoms with Gasteiger partial charge in [0.25, 0.3) is 0 Å². The van der Waals surface area contributed by atoms with Gasteiger partial charge in [-0.05, 0) is 32.0 Å². The molecule has 0 bridgehead atoms. The Morgan fingerprint density at radius 1 is 1.04 bits per heavy atom. The predicted octanol–water partition coefficient (Wildman–Crippen LogP) is 3.51. The normalized spacial score (nSPS) is 15.9. The second-order valence-electron chi connectivity index (χ2n) is 7.13. The molecule has 1 aromatic carbocycles. The lowest BCUT2D eigenvalue weighted by molar-refractivity contribution is 0.244. The zero-order valence-electron chi connectivity index (χ0n) is 15.6. The van der Waals surface area contributed by atoms with Gasteiger partial charge in [-0.25, -0.2) is 15.0 Å². The average molecular weight is 379 g/mol. The number of nitrogens with zero attached hydrogens (tertiary/aromatic N) is 5. The van der Waals surface area contributed by atoms with Crippen LogP contribution in [0.4, 0.5) is 5.82 Å². The van der Waals surface area contributed by atoms with Crippen molar-refractivity contribution in [2.24, 2.45) is 0 Å². The van der Waals surface area contributed by atoms with Gasteiger partial charge in [-0.15, -0.1) is 11.3 Å². The van der Waals surface area contributed by atoms with Crippen LogP contribution in [0.15, 0.2) is 30.3 Å². The van der Waals surface area contributed by atoms with Crippen molar-refractivity contribution in [2.45, 2.75) is 20.4 Å². The van der Waals surface area contributed by atoms with Crippen LogP contribution in [-0.2, 0) is 6.54 Å². The number of thiophene rings is 1. The van der Waals surface area contributed by atoms with Crippen molar-refractivity contribution in [3.63, 3.8) is 0 Å². The van der Waals surface area contributed by atoms with Gasteiger partial charge in [-0.3, -0.25) is 4.90 Å². The number of aromatic nitrogens is 4. The Balaban J connectivity index is 1.31. The molecule has 7 heteroatoms. The molecule has 0 aliphatic carbocycles. The molecule has 5 rings (SSSR count). The summed E-state index contributed by atoms with van der Waals surface area (Å²) >= 11 is 1.75. The number of nitrogens with one attached hydrogen (secondary N) is 1. The van der Waals surface area contributed by atoms with E-state index in [0.29, 0.717) is 0 Å². The minimum absolute atomic E-state index is 0.851. The molecule has 1 saturated heterocycles. The van der Waals surface area contributed by atoms with E-state index in [-0.39, 0.29) is 0 Å². The first-order valence-corrected chi connectivity index (χ1v) is 10.1. The second-order valence-corrected chi connectivity index (χ2v) is 8.37. The van der Waals surface area contributed by atoms with Crippen LogP contribution in [0.3, 0.4) is 0 Å². The minimum atomic E-state index is 0.851. The summed E-state index contributed by atoms with van der Waals surface area (Å²) in [6, 6.07) is 10.4. The van der Waals surface area contributed by atoms with Crippen molar-refractivity contribution in [2.75, 3.05) is 31.1 Å². The van der Waals surface area contributed by atoms with E-state index in [4.69, 9.17) is 9.97 Å². The number of hydrogen-bond donors (Lipinski definition) is 1. The summed E-state index contributed by atoms with van der Waals surface area (Å²) in [5.41, 5.74) is 2.15. The third-order valence-electron chi connectivity index (χ3n) is 5.09. The molecule has 0 radical (unpaired) electrons. The maximum atomic E-state index is 4.76. The molecule has 1 N–H and O–H groups in total. The molecule has 6 nitrogen and oxygen atoms in total. The average Bonchev–Trinajstić information content (AvgIpc) is 3.23. The van der Waals surface area contributed by atoms with Crippen molar-refractivity contribution in [3.8, 4) is 0 Å². The first-order chi connectivity index (χ1) is 13.2. The maximum Gasteiger partial charge on any atom is 0.141 e. The lowest BCUT2D eigenvalue weighted by Gasteiger charge is -2.35. The number of benzene rings is 1. The fourth-order valence-electron chi connectivity index (χ4n) is 3.78. The number of rotatable bonds is 3. The molecule has 0 amide bonds. The molecule has 1 aliphatic heterocycles. The number of anilines is 1. The van der Waals surface area contributed by atoms with Gasteiger partial charge in [0, 0.05) is 31.1 Å². The van der Waals surface area contributed by atoms with Crippen molar-refractivity contribution < 1.29 is 0 Å². The third kappa shape index (κ3) is 3.17.